The summed E-state index contributed by atoms with van der Waals surface area (Å²) in [5.41, 5.74) is 24.4. The van der Waals surface area contributed by atoms with Gasteiger partial charge in [-0.25, -0.2) is 0 Å². The highest BCUT2D eigenvalue weighted by Crippen LogP contribution is 2.51. The summed E-state index contributed by atoms with van der Waals surface area (Å²) >= 11 is 0. The van der Waals surface area contributed by atoms with Crippen molar-refractivity contribution in [2.75, 3.05) is 0 Å². The average molecular weight is 1360 g/mol. The van der Waals surface area contributed by atoms with E-state index in [1.807, 2.05) is 0 Å². The van der Waals surface area contributed by atoms with Crippen molar-refractivity contribution in [2.24, 2.45) is 0 Å². The van der Waals surface area contributed by atoms with Crippen LogP contribution in [0.15, 0.2) is 346 Å². The van der Waals surface area contributed by atoms with Crippen LogP contribution in [0.5, 0.6) is 0 Å². The van der Waals surface area contributed by atoms with Gasteiger partial charge in [-0.3, -0.25) is 0 Å². The predicted octanol–water partition coefficient (Wildman–Crippen LogP) is 30.6. The molecular formula is C106H86. The van der Waals surface area contributed by atoms with Crippen LogP contribution in [0.4, 0.5) is 0 Å². The average Bonchev–Trinajstić information content (AvgIpc) is 0.729. The Morgan fingerprint density at radius 1 is 0.198 bits per heavy atom. The smallest absolute Gasteiger partial charge is 0.00200 e. The van der Waals surface area contributed by atoms with Crippen molar-refractivity contribution in [2.45, 2.75) is 90.4 Å². The lowest BCUT2D eigenvalue weighted by Gasteiger charge is -2.25. The fourth-order valence-electron chi connectivity index (χ4n) is 17.4. The lowest BCUT2D eigenvalue weighted by Crippen LogP contribution is -2.11. The number of hydrogen-bond donors (Lipinski definition) is 0. The highest BCUT2D eigenvalue weighted by atomic mass is 14.3. The minimum atomic E-state index is -0.00662. The third-order valence-electron chi connectivity index (χ3n) is 23.0. The molecule has 1 saturated carbocycles. The van der Waals surface area contributed by atoms with E-state index in [4.69, 9.17) is 0 Å². The summed E-state index contributed by atoms with van der Waals surface area (Å²) in [6.45, 7) is 13.9. The number of hydrogen-bond acceptors (Lipinski definition) is 0. The van der Waals surface area contributed by atoms with E-state index in [0.29, 0.717) is 5.92 Å². The molecular weight excluding hydrogens is 1270 g/mol. The molecule has 1 aliphatic rings. The quantitative estimate of drug-likeness (QED) is 0.126. The molecule has 1 fully saturated rings. The predicted molar refractivity (Wildman–Crippen MR) is 460 cm³/mol. The van der Waals surface area contributed by atoms with Crippen molar-refractivity contribution < 1.29 is 0 Å². The largest absolute Gasteiger partial charge is 0.0616 e. The summed E-state index contributed by atoms with van der Waals surface area (Å²) in [7, 11) is 0. The third-order valence-corrected chi connectivity index (χ3v) is 23.0. The molecule has 0 aliphatic heterocycles. The molecule has 510 valence electrons. The number of benzene rings is 18. The molecule has 0 amide bonds. The maximum absolute atomic E-state index is 2.55. The second-order valence-corrected chi connectivity index (χ2v) is 31.7. The van der Waals surface area contributed by atoms with Gasteiger partial charge in [-0.1, -0.05) is 382 Å². The normalized spacial score (nSPS) is 13.0. The van der Waals surface area contributed by atoms with Gasteiger partial charge in [0.05, 0.1) is 0 Å². The Balaban J connectivity index is 0.000000150. The Kier molecular flexibility index (Phi) is 17.0. The molecule has 106 heavy (non-hydrogen) atoms. The first kappa shape index (κ1) is 66.0. The molecule has 18 aromatic carbocycles. The zero-order valence-corrected chi connectivity index (χ0v) is 61.5. The molecule has 0 N–H and O–H groups in total. The molecule has 0 nitrogen and oxygen atoms in total. The molecule has 0 aromatic heterocycles. The van der Waals surface area contributed by atoms with Crippen LogP contribution in [0, 0.1) is 0 Å². The first-order chi connectivity index (χ1) is 51.8. The zero-order valence-electron chi connectivity index (χ0n) is 61.5. The summed E-state index contributed by atoms with van der Waals surface area (Å²) in [5.74, 6) is 0.635. The van der Waals surface area contributed by atoms with E-state index in [1.54, 1.807) is 0 Å². The van der Waals surface area contributed by atoms with Crippen LogP contribution in [0.1, 0.15) is 96.3 Å². The molecule has 1 aliphatic carbocycles. The van der Waals surface area contributed by atoms with Crippen LogP contribution in [0.3, 0.4) is 0 Å². The Labute approximate surface area is 624 Å². The van der Waals surface area contributed by atoms with Crippen LogP contribution >= 0.6 is 0 Å². The minimum Gasteiger partial charge on any atom is -0.0616 e. The van der Waals surface area contributed by atoms with Gasteiger partial charge in [0, 0.05) is 0 Å². The third kappa shape index (κ3) is 12.3. The molecule has 18 aromatic rings. The van der Waals surface area contributed by atoms with E-state index in [-0.39, 0.29) is 10.8 Å². The Bertz CT molecular complexity index is 6390. The molecule has 0 bridgehead atoms. The summed E-state index contributed by atoms with van der Waals surface area (Å²) in [6, 6.07) is 129. The molecule has 0 heterocycles. The molecule has 19 rings (SSSR count). The van der Waals surface area contributed by atoms with Gasteiger partial charge < -0.3 is 0 Å². The Hall–Kier alpha value is -12.0. The van der Waals surface area contributed by atoms with Gasteiger partial charge in [0.2, 0.25) is 0 Å². The molecule has 0 atom stereocenters. The summed E-state index contributed by atoms with van der Waals surface area (Å²) in [6.07, 6.45) is 6.60. The van der Waals surface area contributed by atoms with Crippen molar-refractivity contribution >= 4 is 86.2 Å². The van der Waals surface area contributed by atoms with Gasteiger partial charge in [-0.15, -0.1) is 0 Å². The first-order valence-electron chi connectivity index (χ1n) is 38.2. The van der Waals surface area contributed by atoms with Crippen molar-refractivity contribution in [1.82, 2.24) is 0 Å². The van der Waals surface area contributed by atoms with E-state index in [0.717, 1.165) is 0 Å². The Morgan fingerprint density at radius 3 is 1.05 bits per heavy atom. The summed E-state index contributed by atoms with van der Waals surface area (Å²) in [5, 5.41) is 20.6. The number of rotatable bonds is 9. The minimum absolute atomic E-state index is 0.00251. The van der Waals surface area contributed by atoms with Crippen molar-refractivity contribution in [1.29, 1.82) is 0 Å². The van der Waals surface area contributed by atoms with Gasteiger partial charge >= 0.3 is 0 Å². The van der Waals surface area contributed by atoms with Crippen LogP contribution in [-0.4, -0.2) is 0 Å². The molecule has 0 unspecified atom stereocenters. The monoisotopic (exact) mass is 1360 g/mol. The topological polar surface area (TPSA) is 0 Å². The molecule has 0 radical (unpaired) electrons. The number of fused-ring (bicyclic) bond motifs is 8. The summed E-state index contributed by atoms with van der Waals surface area (Å²) < 4.78 is 0. The summed E-state index contributed by atoms with van der Waals surface area (Å²) in [4.78, 5) is 0. The van der Waals surface area contributed by atoms with Crippen LogP contribution in [0.2, 0.25) is 0 Å². The lowest BCUT2D eigenvalue weighted by molar-refractivity contribution is 0.444. The second-order valence-electron chi connectivity index (χ2n) is 31.7. The van der Waals surface area contributed by atoms with Crippen molar-refractivity contribution in [3.05, 3.63) is 362 Å². The highest BCUT2D eigenvalue weighted by molar-refractivity contribution is 6.24. The standard InChI is InChI=1S/C54H46.C52H40/c1-53(2,3)41-29-31-48-49(33-41)51(38-25-22-36(23-26-38)40-27-24-35-14-7-8-16-39(35)32-40)47-30-28-42(54(4,5)6)34-50(47)52(48)46-20-12-11-19-45(46)44-21-13-17-37-15-9-10-18-43(37)44;1-2-11-35(12-3-1)44-31-32-49-50(34-44)52(41-28-24-39(25-29-41)46-20-10-16-38-14-6-7-17-45(38)46)48-19-9-8-18-47(48)51(49)40-26-21-37(22-27-40)43-30-23-36-13-4-5-15-42(36)33-43/h7-34H,1-6H3;4-10,13-35H,1-3,11-12H2. The fraction of sp³-hybridized carbons (Fsp3) is 0.132. The first-order valence-corrected chi connectivity index (χ1v) is 38.2. The van der Waals surface area contributed by atoms with Gasteiger partial charge in [0.15, 0.2) is 0 Å². The van der Waals surface area contributed by atoms with Gasteiger partial charge in [0.25, 0.3) is 0 Å². The fourth-order valence-corrected chi connectivity index (χ4v) is 17.4. The Morgan fingerprint density at radius 2 is 0.538 bits per heavy atom. The van der Waals surface area contributed by atoms with E-state index in [2.05, 4.69) is 387 Å². The van der Waals surface area contributed by atoms with E-state index >= 15 is 0 Å². The van der Waals surface area contributed by atoms with E-state index < -0.39 is 0 Å². The van der Waals surface area contributed by atoms with E-state index in [9.17, 15) is 0 Å². The van der Waals surface area contributed by atoms with Crippen LogP contribution in [0.25, 0.3) is 175 Å². The van der Waals surface area contributed by atoms with Crippen LogP contribution < -0.4 is 0 Å². The lowest BCUT2D eigenvalue weighted by atomic mass is 9.78. The van der Waals surface area contributed by atoms with E-state index in [1.165, 1.54) is 224 Å². The van der Waals surface area contributed by atoms with Crippen LogP contribution in [-0.2, 0) is 10.8 Å². The van der Waals surface area contributed by atoms with Gasteiger partial charge in [-0.2, -0.15) is 0 Å². The molecule has 0 spiro atoms. The van der Waals surface area contributed by atoms with Crippen molar-refractivity contribution in [3.63, 3.8) is 0 Å². The zero-order chi connectivity index (χ0) is 71.6. The highest BCUT2D eigenvalue weighted by Gasteiger charge is 2.26. The molecule has 0 heteroatoms. The van der Waals surface area contributed by atoms with Gasteiger partial charge in [0.1, 0.15) is 0 Å². The second kappa shape index (κ2) is 27.3. The van der Waals surface area contributed by atoms with Crippen molar-refractivity contribution in [3.8, 4) is 89.0 Å². The molecule has 0 saturated heterocycles. The maximum Gasteiger partial charge on any atom is -0.00200 e. The SMILES string of the molecule is CC(C)(C)c1ccc2c(-c3ccccc3-c3cccc4ccccc34)c3cc(C(C)(C)C)ccc3c(-c3ccc(-c4ccc5ccccc5c4)cc3)c2c1.c1ccc2cc(-c3ccc(-c4c5ccccc5c(-c5ccc(-c6cccc7ccccc67)cc5)c5cc(C6CCCCC6)ccc45)cc3)ccc2c1. The van der Waals surface area contributed by atoms with Gasteiger partial charge in [-0.05, 0) is 246 Å². The maximum atomic E-state index is 2.55.